The van der Waals surface area contributed by atoms with E-state index < -0.39 is 47.2 Å². The van der Waals surface area contributed by atoms with E-state index in [9.17, 15) is 28.4 Å². The molecule has 0 saturated carbocycles. The number of hydrogen-bond donors (Lipinski definition) is 3. The summed E-state index contributed by atoms with van der Waals surface area (Å²) in [6.45, 7) is 52.6. The number of phosphoric ester groups is 2. The largest absolute Gasteiger partial charge is 0.472 e. The maximum Gasteiger partial charge on any atom is 0.472 e. The molecule has 0 aromatic carbocycles. The van der Waals surface area contributed by atoms with Crippen molar-refractivity contribution in [3.63, 3.8) is 0 Å². The molecule has 0 aromatic rings. The Morgan fingerprint density at radius 1 is 0.262 bits per heavy atom. The van der Waals surface area contributed by atoms with Gasteiger partial charge in [0.25, 0.3) is 0 Å². The molecule has 746 valence electrons. The first-order valence-electron chi connectivity index (χ1n) is 51.1. The third-order valence-corrected chi connectivity index (χ3v) is 27.4. The van der Waals surface area contributed by atoms with Crippen molar-refractivity contribution in [2.45, 2.75) is 510 Å². The maximum absolute atomic E-state index is 13.5. The van der Waals surface area contributed by atoms with Gasteiger partial charge in [-0.05, 0) is 175 Å². The van der Waals surface area contributed by atoms with Crippen LogP contribution in [0, 0.1) is 32.5 Å². The fourth-order valence-corrected chi connectivity index (χ4v) is 19.0. The maximum atomic E-state index is 13.5. The highest BCUT2D eigenvalue weighted by atomic mass is 31.2. The zero-order valence-electron chi connectivity index (χ0n) is 85.3. The zero-order valence-corrected chi connectivity index (χ0v) is 92.2. The van der Waals surface area contributed by atoms with Gasteiger partial charge in [-0.15, -0.1) is 18.5 Å². The first-order valence-corrected chi connectivity index (χ1v) is 55.8. The Morgan fingerprint density at radius 3 is 0.590 bits per heavy atom. The summed E-state index contributed by atoms with van der Waals surface area (Å²) in [7, 11) is -5.06. The molecule has 0 spiro atoms. The highest BCUT2D eigenvalue weighted by Gasteiger charge is 2.38. The minimum absolute atomic E-state index is 0. The van der Waals surface area contributed by atoms with Crippen LogP contribution in [0.5, 0.6) is 0 Å². The van der Waals surface area contributed by atoms with Crippen LogP contribution < -0.4 is 0 Å². The molecule has 0 heterocycles. The van der Waals surface area contributed by atoms with Crippen LogP contribution in [0.1, 0.15) is 492 Å². The minimum Gasteiger partial charge on any atom is -0.388 e. The summed E-state index contributed by atoms with van der Waals surface area (Å²) in [4.78, 5) is 22.0. The smallest absolute Gasteiger partial charge is 0.388 e. The van der Waals surface area contributed by atoms with Crippen LogP contribution in [0.15, 0.2) is 0 Å². The predicted octanol–water partition coefficient (Wildman–Crippen LogP) is 32.6. The Morgan fingerprint density at radius 2 is 0.418 bits per heavy atom. The number of aliphatic hydroxyl groups excluding tert-OH is 1. The highest BCUT2D eigenvalue weighted by Crippen LogP contribution is 2.50. The van der Waals surface area contributed by atoms with Gasteiger partial charge >= 0.3 is 15.6 Å². The van der Waals surface area contributed by atoms with Crippen molar-refractivity contribution in [3.05, 3.63) is 0 Å². The molecule has 0 aliphatic heterocycles. The average Bonchev–Trinajstić information content (AvgIpc) is 0.925. The fourth-order valence-electron chi connectivity index (χ4n) is 16.8. The molecule has 0 aliphatic carbocycles. The van der Waals surface area contributed by atoms with E-state index in [4.69, 9.17) is 46.5 Å². The summed E-state index contributed by atoms with van der Waals surface area (Å²) in [6, 6.07) is 0. The van der Waals surface area contributed by atoms with E-state index >= 15 is 0 Å². The molecule has 0 bridgehead atoms. The normalized spacial score (nSPS) is 13.8. The van der Waals surface area contributed by atoms with Crippen molar-refractivity contribution in [1.29, 1.82) is 0 Å². The second-order valence-electron chi connectivity index (χ2n) is 36.3. The number of halogens is 1. The molecule has 0 amide bonds. The van der Waals surface area contributed by atoms with Crippen LogP contribution in [-0.4, -0.2) is 138 Å². The van der Waals surface area contributed by atoms with Crippen LogP contribution in [0.4, 0.5) is 4.39 Å². The van der Waals surface area contributed by atoms with Gasteiger partial charge in [-0.3, -0.25) is 18.1 Å². The zero-order chi connectivity index (χ0) is 91.3. The quantitative estimate of drug-likeness (QED) is 0.0488. The Hall–Kier alpha value is 1.59. The fraction of sp³-hybridized carbons (Fsp3) is 1.00. The van der Waals surface area contributed by atoms with Gasteiger partial charge in [-0.25, -0.2) is 13.5 Å². The van der Waals surface area contributed by atoms with Gasteiger partial charge < -0.3 is 43.3 Å². The molecule has 15 nitrogen and oxygen atoms in total. The Kier molecular flexibility index (Phi) is 106. The van der Waals surface area contributed by atoms with E-state index in [0.29, 0.717) is 42.2 Å². The van der Waals surface area contributed by atoms with Crippen molar-refractivity contribution >= 4 is 53.9 Å². The van der Waals surface area contributed by atoms with Crippen LogP contribution in [0.2, 0.25) is 0 Å². The van der Waals surface area contributed by atoms with Gasteiger partial charge in [0.15, 0.2) is 0 Å². The van der Waals surface area contributed by atoms with Crippen molar-refractivity contribution in [2.75, 3.05) is 105 Å². The first kappa shape index (κ1) is 137. The summed E-state index contributed by atoms with van der Waals surface area (Å²) < 4.78 is 95.5. The molecule has 0 fully saturated rings. The summed E-state index contributed by atoms with van der Waals surface area (Å²) in [5.41, 5.74) is 1.48. The average molecular weight is 1870 g/mol. The molecule has 0 rings (SSSR count). The molecule has 9 atom stereocenters. The second kappa shape index (κ2) is 94.4. The molecule has 122 heavy (non-hydrogen) atoms. The van der Waals surface area contributed by atoms with Crippen molar-refractivity contribution in [1.82, 2.24) is 0 Å². The van der Waals surface area contributed by atoms with E-state index in [0.717, 1.165) is 213 Å². The van der Waals surface area contributed by atoms with Crippen molar-refractivity contribution in [2.24, 2.45) is 32.5 Å². The van der Waals surface area contributed by atoms with Crippen molar-refractivity contribution < 1.29 is 74.9 Å². The molecule has 3 N–H and O–H groups in total. The summed E-state index contributed by atoms with van der Waals surface area (Å²) in [5, 5.41) is 10.9. The summed E-state index contributed by atoms with van der Waals surface area (Å²) >= 11 is 0. The minimum atomic E-state index is -4.83. The van der Waals surface area contributed by atoms with E-state index in [1.165, 1.54) is 173 Å². The van der Waals surface area contributed by atoms with E-state index in [1.54, 1.807) is 0 Å². The lowest BCUT2D eigenvalue weighted by atomic mass is 9.75. The Balaban J connectivity index is -0.000000376. The number of unbranched alkanes of at least 4 members (excludes halogenated alkanes) is 18. The topological polar surface area (TPSA) is 187 Å². The third kappa shape index (κ3) is 76.9. The number of alkyl halides is 1. The molecule has 0 saturated heterocycles. The number of ether oxygens (including phenoxy) is 6. The van der Waals surface area contributed by atoms with Gasteiger partial charge in [0, 0.05) is 19.8 Å². The van der Waals surface area contributed by atoms with Gasteiger partial charge in [0.1, 0.15) is 18.6 Å². The highest BCUT2D eigenvalue weighted by molar-refractivity contribution is 7.47. The van der Waals surface area contributed by atoms with Gasteiger partial charge in [-0.1, -0.05) is 356 Å². The first-order chi connectivity index (χ1) is 57.7. The lowest BCUT2D eigenvalue weighted by Gasteiger charge is -2.35. The lowest BCUT2D eigenvalue weighted by molar-refractivity contribution is -0.0506. The number of hydrogen-bond acceptors (Lipinski definition) is 13. The standard InChI is InChI=1S/C51H107O12P3.3C16H34O.CH4FP.2H3P/c1-10-19-28-49(29-20-11-2,30-21-12-3)43-57-37-46(52)38-60-65(53,54)62-47(39-58-44-50(31-22-13-4,32-23-14-5)33-24-15-6)41-61-66(55,56)63-48(42-64)40-59-45-51(34-25-16-7,35-26-17-8)36-27-18-9;3*1-5-9-12-16(13-10-6-2,14-11-7-3)15-17-8-4;2-1-3;;/h46-48,52H,10-45,64H2,1-9H3,(H,53,54)(H,55,56);3*5-15H2,1-4H3;1,3H2;2*1H3. The van der Waals surface area contributed by atoms with E-state index in [1.807, 2.05) is 9.24 Å². The number of aliphatic hydroxyl groups is 1. The Bertz CT molecular complexity index is 1900. The third-order valence-electron chi connectivity index (χ3n) is 24.8. The van der Waals surface area contributed by atoms with Crippen LogP contribution >= 0.6 is 53.9 Å². The molecule has 0 radical (unpaired) electrons. The van der Waals surface area contributed by atoms with Gasteiger partial charge in [0.2, 0.25) is 0 Å². The van der Waals surface area contributed by atoms with Crippen LogP contribution in [0.3, 0.4) is 0 Å². The second-order valence-corrected chi connectivity index (χ2v) is 39.9. The number of rotatable bonds is 86. The van der Waals surface area contributed by atoms with E-state index in [2.05, 4.69) is 155 Å². The van der Waals surface area contributed by atoms with Gasteiger partial charge in [0.05, 0.1) is 78.8 Å². The molecule has 9 unspecified atom stereocenters. The van der Waals surface area contributed by atoms with Crippen LogP contribution in [0.25, 0.3) is 0 Å². The molecule has 22 heteroatoms. The predicted molar refractivity (Wildman–Crippen MR) is 548 cm³/mol. The van der Waals surface area contributed by atoms with E-state index in [-0.39, 0.29) is 62.3 Å². The van der Waals surface area contributed by atoms with Gasteiger partial charge in [-0.2, -0.15) is 19.8 Å². The molecule has 0 aliphatic rings. The monoisotopic (exact) mass is 1870 g/mol. The Labute approximate surface area is 772 Å². The lowest BCUT2D eigenvalue weighted by Crippen LogP contribution is -2.32. The summed E-state index contributed by atoms with van der Waals surface area (Å²) in [5.74, 6) is 0. The van der Waals surface area contributed by atoms with Crippen molar-refractivity contribution in [3.8, 4) is 0 Å². The van der Waals surface area contributed by atoms with Crippen LogP contribution in [-0.2, 0) is 55.6 Å². The molecule has 0 aromatic heterocycles. The summed E-state index contributed by atoms with van der Waals surface area (Å²) in [6.07, 6.45) is 62.3. The molecular weight excluding hydrogens is 1650 g/mol. The molecular formula is C100H219FO15P6. The SMILES string of the molecule is CCCCC(CCCC)(CCCC)COCC.CCCCC(CCCC)(CCCC)COCC.CCCCC(CCCC)(CCCC)COCC.CCCCC(CCCC)(CCCC)COCC(O)COP(=O)(O)OC(COCC(CCCC)(CCCC)CCCC)COP(=O)(O)OC(CP)COCC(CCCC)(CCCC)CCCC.FCP.P.P. The number of phosphoric acid groups is 2.